The lowest BCUT2D eigenvalue weighted by Crippen LogP contribution is -2.18. The molecule has 1 atom stereocenters. The zero-order valence-electron chi connectivity index (χ0n) is 8.29. The van der Waals surface area contributed by atoms with Crippen LogP contribution in [-0.4, -0.2) is 19.1 Å². The van der Waals surface area contributed by atoms with Gasteiger partial charge in [0.25, 0.3) is 0 Å². The van der Waals surface area contributed by atoms with E-state index in [2.05, 4.69) is 0 Å². The molecule has 0 spiro atoms. The molecule has 2 N–H and O–H groups in total. The van der Waals surface area contributed by atoms with E-state index in [1.54, 1.807) is 0 Å². The molecule has 0 radical (unpaired) electrons. The van der Waals surface area contributed by atoms with E-state index in [1.165, 1.54) is 12.8 Å². The molecule has 0 aromatic heterocycles. The Morgan fingerprint density at radius 1 is 1.62 bits per heavy atom. The first-order chi connectivity index (χ1) is 6.24. The fraction of sp³-hybridized carbons (Fsp3) is 0.900. The summed E-state index contributed by atoms with van der Waals surface area (Å²) in [5.74, 6) is 0.702. The SMILES string of the molecule is CC(CCN)C(=O)OCCC1CC1. The van der Waals surface area contributed by atoms with Crippen LogP contribution in [0.4, 0.5) is 0 Å². The van der Waals surface area contributed by atoms with Crippen molar-refractivity contribution >= 4 is 5.97 Å². The minimum Gasteiger partial charge on any atom is -0.465 e. The molecule has 1 aliphatic rings. The summed E-state index contributed by atoms with van der Waals surface area (Å²) in [6, 6.07) is 0. The van der Waals surface area contributed by atoms with Crippen LogP contribution in [0.25, 0.3) is 0 Å². The lowest BCUT2D eigenvalue weighted by atomic mass is 10.1. The Bertz CT molecular complexity index is 166. The van der Waals surface area contributed by atoms with Crippen LogP contribution in [0.15, 0.2) is 0 Å². The van der Waals surface area contributed by atoms with Crippen molar-refractivity contribution in [1.29, 1.82) is 0 Å². The predicted molar refractivity (Wildman–Crippen MR) is 51.1 cm³/mol. The van der Waals surface area contributed by atoms with Crippen LogP contribution in [0, 0.1) is 11.8 Å². The number of carbonyl (C=O) groups excluding carboxylic acids is 1. The fourth-order valence-corrected chi connectivity index (χ4v) is 1.24. The molecule has 0 aromatic carbocycles. The van der Waals surface area contributed by atoms with Crippen LogP contribution < -0.4 is 5.73 Å². The summed E-state index contributed by atoms with van der Waals surface area (Å²) >= 11 is 0. The van der Waals surface area contributed by atoms with Crippen LogP contribution in [0.5, 0.6) is 0 Å². The summed E-state index contributed by atoms with van der Waals surface area (Å²) in [6.07, 6.45) is 4.40. The summed E-state index contributed by atoms with van der Waals surface area (Å²) in [5.41, 5.74) is 5.35. The van der Waals surface area contributed by atoms with Gasteiger partial charge in [-0.25, -0.2) is 0 Å². The minimum atomic E-state index is -0.0916. The van der Waals surface area contributed by atoms with Crippen molar-refractivity contribution in [3.05, 3.63) is 0 Å². The van der Waals surface area contributed by atoms with Crippen molar-refractivity contribution in [3.63, 3.8) is 0 Å². The van der Waals surface area contributed by atoms with E-state index < -0.39 is 0 Å². The predicted octanol–water partition coefficient (Wildman–Crippen LogP) is 1.31. The second-order valence-corrected chi connectivity index (χ2v) is 3.88. The molecule has 1 aliphatic carbocycles. The first kappa shape index (κ1) is 10.5. The second-order valence-electron chi connectivity index (χ2n) is 3.88. The summed E-state index contributed by atoms with van der Waals surface area (Å²) in [6.45, 7) is 3.02. The molecule has 0 aromatic rings. The van der Waals surface area contributed by atoms with Gasteiger partial charge in [-0.15, -0.1) is 0 Å². The minimum absolute atomic E-state index is 0.0378. The maximum atomic E-state index is 11.3. The van der Waals surface area contributed by atoms with Crippen LogP contribution in [0.3, 0.4) is 0 Å². The molecule has 0 aliphatic heterocycles. The van der Waals surface area contributed by atoms with E-state index in [1.807, 2.05) is 6.92 Å². The molecule has 13 heavy (non-hydrogen) atoms. The molecule has 1 rings (SSSR count). The molecular weight excluding hydrogens is 166 g/mol. The molecule has 0 heterocycles. The smallest absolute Gasteiger partial charge is 0.308 e. The Morgan fingerprint density at radius 3 is 2.85 bits per heavy atom. The Kier molecular flexibility index (Phi) is 4.22. The van der Waals surface area contributed by atoms with Gasteiger partial charge >= 0.3 is 5.97 Å². The highest BCUT2D eigenvalue weighted by Gasteiger charge is 2.21. The molecular formula is C10H19NO2. The number of esters is 1. The molecule has 1 saturated carbocycles. The molecule has 1 fully saturated rings. The van der Waals surface area contributed by atoms with Gasteiger partial charge in [-0.05, 0) is 25.3 Å². The van der Waals surface area contributed by atoms with Crippen molar-refractivity contribution in [2.45, 2.75) is 32.6 Å². The van der Waals surface area contributed by atoms with Gasteiger partial charge in [0.2, 0.25) is 0 Å². The van der Waals surface area contributed by atoms with Gasteiger partial charge in [0.05, 0.1) is 12.5 Å². The average molecular weight is 185 g/mol. The lowest BCUT2D eigenvalue weighted by Gasteiger charge is -2.09. The molecule has 3 nitrogen and oxygen atoms in total. The van der Waals surface area contributed by atoms with Crippen LogP contribution >= 0.6 is 0 Å². The third kappa shape index (κ3) is 4.27. The van der Waals surface area contributed by atoms with Crippen molar-refractivity contribution in [2.75, 3.05) is 13.2 Å². The largest absolute Gasteiger partial charge is 0.465 e. The van der Waals surface area contributed by atoms with Gasteiger partial charge < -0.3 is 10.5 Å². The van der Waals surface area contributed by atoms with Gasteiger partial charge in [0.15, 0.2) is 0 Å². The molecule has 76 valence electrons. The van der Waals surface area contributed by atoms with E-state index in [-0.39, 0.29) is 11.9 Å². The van der Waals surface area contributed by atoms with E-state index in [0.717, 1.165) is 18.8 Å². The van der Waals surface area contributed by atoms with Crippen molar-refractivity contribution in [2.24, 2.45) is 17.6 Å². The Morgan fingerprint density at radius 2 is 2.31 bits per heavy atom. The van der Waals surface area contributed by atoms with Gasteiger partial charge in [-0.1, -0.05) is 19.8 Å². The Balaban J connectivity index is 2.01. The molecule has 3 heteroatoms. The quantitative estimate of drug-likeness (QED) is 0.635. The van der Waals surface area contributed by atoms with Crippen LogP contribution in [-0.2, 0) is 9.53 Å². The normalized spacial score (nSPS) is 18.3. The molecule has 0 saturated heterocycles. The van der Waals surface area contributed by atoms with E-state index in [0.29, 0.717) is 13.2 Å². The van der Waals surface area contributed by atoms with Crippen molar-refractivity contribution in [1.82, 2.24) is 0 Å². The standard InChI is InChI=1S/C10H19NO2/c1-8(4-6-11)10(12)13-7-5-9-2-3-9/h8-9H,2-7,11H2,1H3. The third-order valence-corrected chi connectivity index (χ3v) is 2.47. The number of nitrogens with two attached hydrogens (primary N) is 1. The third-order valence-electron chi connectivity index (χ3n) is 2.47. The summed E-state index contributed by atoms with van der Waals surface area (Å²) < 4.78 is 5.11. The number of hydrogen-bond acceptors (Lipinski definition) is 3. The average Bonchev–Trinajstić information content (AvgIpc) is 2.88. The van der Waals surface area contributed by atoms with Gasteiger partial charge in [0, 0.05) is 0 Å². The van der Waals surface area contributed by atoms with E-state index >= 15 is 0 Å². The molecule has 0 bridgehead atoms. The topological polar surface area (TPSA) is 52.3 Å². The van der Waals surface area contributed by atoms with E-state index in [9.17, 15) is 4.79 Å². The molecule has 0 amide bonds. The molecule has 1 unspecified atom stereocenters. The summed E-state index contributed by atoms with van der Waals surface area (Å²) in [5, 5.41) is 0. The zero-order valence-corrected chi connectivity index (χ0v) is 8.29. The lowest BCUT2D eigenvalue weighted by molar-refractivity contribution is -0.148. The highest BCUT2D eigenvalue weighted by atomic mass is 16.5. The number of carbonyl (C=O) groups is 1. The van der Waals surface area contributed by atoms with Gasteiger partial charge in [0.1, 0.15) is 0 Å². The Hall–Kier alpha value is -0.570. The van der Waals surface area contributed by atoms with Gasteiger partial charge in [-0.2, -0.15) is 0 Å². The highest BCUT2D eigenvalue weighted by Crippen LogP contribution is 2.32. The monoisotopic (exact) mass is 185 g/mol. The number of ether oxygens (including phenoxy) is 1. The highest BCUT2D eigenvalue weighted by molar-refractivity contribution is 5.71. The van der Waals surface area contributed by atoms with Crippen LogP contribution in [0.1, 0.15) is 32.6 Å². The maximum absolute atomic E-state index is 11.3. The fourth-order valence-electron chi connectivity index (χ4n) is 1.24. The van der Waals surface area contributed by atoms with Crippen molar-refractivity contribution < 1.29 is 9.53 Å². The number of rotatable bonds is 6. The Labute approximate surface area is 79.6 Å². The maximum Gasteiger partial charge on any atom is 0.308 e. The summed E-state index contributed by atoms with van der Waals surface area (Å²) in [4.78, 5) is 11.3. The van der Waals surface area contributed by atoms with E-state index in [4.69, 9.17) is 10.5 Å². The van der Waals surface area contributed by atoms with Crippen LogP contribution in [0.2, 0.25) is 0 Å². The first-order valence-corrected chi connectivity index (χ1v) is 5.10. The number of hydrogen-bond donors (Lipinski definition) is 1. The second kappa shape index (κ2) is 5.22. The first-order valence-electron chi connectivity index (χ1n) is 5.10. The van der Waals surface area contributed by atoms with Crippen molar-refractivity contribution in [3.8, 4) is 0 Å². The van der Waals surface area contributed by atoms with Gasteiger partial charge in [-0.3, -0.25) is 4.79 Å². The summed E-state index contributed by atoms with van der Waals surface area (Å²) in [7, 11) is 0. The zero-order chi connectivity index (χ0) is 9.68.